The molecule has 0 aliphatic heterocycles. The van der Waals surface area contributed by atoms with Crippen molar-refractivity contribution in [2.75, 3.05) is 5.73 Å². The summed E-state index contributed by atoms with van der Waals surface area (Å²) in [6.45, 7) is 0. The molecule has 1 fully saturated rings. The van der Waals surface area contributed by atoms with Gasteiger partial charge in [0.05, 0.1) is 34.2 Å². The van der Waals surface area contributed by atoms with Crippen LogP contribution in [0.3, 0.4) is 0 Å². The van der Waals surface area contributed by atoms with Gasteiger partial charge in [-0.1, -0.05) is 18.2 Å². The number of benzene rings is 2. The molecule has 5 aromatic rings. The Morgan fingerprint density at radius 3 is 2.76 bits per heavy atom. The first-order chi connectivity index (χ1) is 14.2. The van der Waals surface area contributed by atoms with Crippen LogP contribution in [0, 0.1) is 0 Å². The summed E-state index contributed by atoms with van der Waals surface area (Å²) in [6, 6.07) is 15.5. The zero-order valence-electron chi connectivity index (χ0n) is 15.5. The molecule has 0 spiro atoms. The molecule has 1 aliphatic rings. The molecule has 1 aliphatic carbocycles. The van der Waals surface area contributed by atoms with E-state index in [1.165, 1.54) is 19.0 Å². The van der Waals surface area contributed by atoms with Crippen LogP contribution in [0.2, 0.25) is 0 Å². The van der Waals surface area contributed by atoms with Gasteiger partial charge in [0.2, 0.25) is 5.78 Å². The smallest absolute Gasteiger partial charge is 0.214 e. The summed E-state index contributed by atoms with van der Waals surface area (Å²) >= 11 is 0. The zero-order valence-corrected chi connectivity index (χ0v) is 15.5. The van der Waals surface area contributed by atoms with Gasteiger partial charge >= 0.3 is 0 Å². The number of carbonyl (C=O) groups excluding carboxylic acids is 1. The number of hydrogen-bond donors (Lipinski definition) is 3. The Hall–Kier alpha value is -3.87. The number of nitrogen functional groups attached to an aromatic ring is 1. The largest absolute Gasteiger partial charge is 0.383 e. The van der Waals surface area contributed by atoms with Gasteiger partial charge in [0.1, 0.15) is 11.6 Å². The molecule has 0 amide bonds. The lowest BCUT2D eigenvalue weighted by molar-refractivity contribution is 0.103. The van der Waals surface area contributed by atoms with Crippen molar-refractivity contribution in [3.8, 4) is 5.69 Å². The lowest BCUT2D eigenvalue weighted by Gasteiger charge is -2.04. The average Bonchev–Trinajstić information content (AvgIpc) is 3.19. The Bertz CT molecular complexity index is 1370. The number of hydrogen-bond acceptors (Lipinski definition) is 4. The number of para-hydroxylation sites is 1. The monoisotopic (exact) mass is 382 g/mol. The number of nitrogens with zero attached hydrogens (tertiary/aromatic N) is 3. The number of nitrogens with one attached hydrogen (secondary N) is 2. The van der Waals surface area contributed by atoms with Crippen molar-refractivity contribution in [2.24, 2.45) is 0 Å². The molecule has 0 radical (unpaired) electrons. The van der Waals surface area contributed by atoms with Crippen molar-refractivity contribution >= 4 is 33.5 Å². The SMILES string of the molecule is Nc1c(C(=O)c2cc3ccccc3[nH]2)cnn1-c1ccc2[nH]c(C3CC3)nc2c1. The zero-order chi connectivity index (χ0) is 19.5. The van der Waals surface area contributed by atoms with Crippen LogP contribution in [0.1, 0.15) is 40.6 Å². The fourth-order valence-electron chi connectivity index (χ4n) is 3.78. The number of imidazole rings is 1. The van der Waals surface area contributed by atoms with Crippen LogP contribution >= 0.6 is 0 Å². The van der Waals surface area contributed by atoms with Crippen LogP contribution in [0.4, 0.5) is 5.82 Å². The van der Waals surface area contributed by atoms with Crippen molar-refractivity contribution in [3.05, 3.63) is 71.8 Å². The predicted octanol–water partition coefficient (Wildman–Crippen LogP) is 3.92. The summed E-state index contributed by atoms with van der Waals surface area (Å²) in [5.41, 5.74) is 10.7. The number of H-pyrrole nitrogens is 2. The maximum absolute atomic E-state index is 13.0. The van der Waals surface area contributed by atoms with Gasteiger partial charge in [0.25, 0.3) is 0 Å². The minimum atomic E-state index is -0.179. The van der Waals surface area contributed by atoms with Gasteiger partial charge in [0.15, 0.2) is 0 Å². The van der Waals surface area contributed by atoms with Gasteiger partial charge in [0, 0.05) is 16.8 Å². The third-order valence-corrected chi connectivity index (χ3v) is 5.52. The average molecular weight is 382 g/mol. The molecule has 1 saturated carbocycles. The van der Waals surface area contributed by atoms with Crippen molar-refractivity contribution in [3.63, 3.8) is 0 Å². The van der Waals surface area contributed by atoms with Gasteiger partial charge in [-0.15, -0.1) is 0 Å². The quantitative estimate of drug-likeness (QED) is 0.410. The molecule has 3 aromatic heterocycles. The molecule has 7 nitrogen and oxygen atoms in total. The molecular weight excluding hydrogens is 364 g/mol. The first kappa shape index (κ1) is 16.1. The highest BCUT2D eigenvalue weighted by molar-refractivity contribution is 6.12. The van der Waals surface area contributed by atoms with E-state index in [0.717, 1.165) is 33.4 Å². The van der Waals surface area contributed by atoms with Crippen LogP contribution < -0.4 is 5.73 Å². The van der Waals surface area contributed by atoms with E-state index in [1.807, 2.05) is 48.5 Å². The van der Waals surface area contributed by atoms with Crippen LogP contribution in [-0.4, -0.2) is 30.5 Å². The molecule has 0 bridgehead atoms. The number of carbonyl (C=O) groups is 1. The van der Waals surface area contributed by atoms with E-state index in [-0.39, 0.29) is 5.78 Å². The standard InChI is InChI=1S/C22H18N6O/c23-21-15(20(29)19-9-13-3-1-2-4-16(13)25-19)11-24-28(21)14-7-8-17-18(10-14)27-22(26-17)12-5-6-12/h1-4,7-12,25H,5-6,23H2,(H,26,27). The lowest BCUT2D eigenvalue weighted by atomic mass is 10.1. The number of rotatable bonds is 4. The summed E-state index contributed by atoms with van der Waals surface area (Å²) in [4.78, 5) is 24.2. The number of ketones is 1. The molecule has 7 heteroatoms. The number of nitrogens with two attached hydrogens (primary N) is 1. The summed E-state index contributed by atoms with van der Waals surface area (Å²) in [5, 5.41) is 5.35. The van der Waals surface area contributed by atoms with Gasteiger partial charge in [-0.05, 0) is 43.2 Å². The first-order valence-corrected chi connectivity index (χ1v) is 9.63. The minimum absolute atomic E-state index is 0.179. The highest BCUT2D eigenvalue weighted by Crippen LogP contribution is 2.39. The van der Waals surface area contributed by atoms with Gasteiger partial charge in [-0.2, -0.15) is 5.10 Å². The Labute approximate surface area is 165 Å². The van der Waals surface area contributed by atoms with Crippen molar-refractivity contribution in [1.29, 1.82) is 0 Å². The Morgan fingerprint density at radius 1 is 1.07 bits per heavy atom. The second kappa shape index (κ2) is 5.81. The van der Waals surface area contributed by atoms with E-state index in [0.29, 0.717) is 23.0 Å². The maximum Gasteiger partial charge on any atom is 0.214 e. The van der Waals surface area contributed by atoms with E-state index in [9.17, 15) is 4.79 Å². The highest BCUT2D eigenvalue weighted by atomic mass is 16.1. The van der Waals surface area contributed by atoms with Gasteiger partial charge < -0.3 is 15.7 Å². The number of aromatic amines is 2. The van der Waals surface area contributed by atoms with E-state index in [1.54, 1.807) is 4.68 Å². The van der Waals surface area contributed by atoms with E-state index < -0.39 is 0 Å². The third-order valence-electron chi connectivity index (χ3n) is 5.52. The lowest BCUT2D eigenvalue weighted by Crippen LogP contribution is -2.07. The Balaban J connectivity index is 1.38. The molecule has 2 aromatic carbocycles. The van der Waals surface area contributed by atoms with E-state index in [4.69, 9.17) is 10.7 Å². The molecule has 3 heterocycles. The van der Waals surface area contributed by atoms with Crippen LogP contribution in [0.5, 0.6) is 0 Å². The van der Waals surface area contributed by atoms with Crippen LogP contribution in [0.15, 0.2) is 54.7 Å². The molecule has 29 heavy (non-hydrogen) atoms. The fraction of sp³-hybridized carbons (Fsp3) is 0.136. The first-order valence-electron chi connectivity index (χ1n) is 9.63. The number of aromatic nitrogens is 5. The second-order valence-corrected chi connectivity index (χ2v) is 7.55. The van der Waals surface area contributed by atoms with Crippen LogP contribution in [0.25, 0.3) is 27.6 Å². The molecule has 4 N–H and O–H groups in total. The van der Waals surface area contributed by atoms with Crippen molar-refractivity contribution in [2.45, 2.75) is 18.8 Å². The normalized spacial score (nSPS) is 14.1. The summed E-state index contributed by atoms with van der Waals surface area (Å²) < 4.78 is 1.58. The number of anilines is 1. The number of fused-ring (bicyclic) bond motifs is 2. The molecule has 0 unspecified atom stereocenters. The predicted molar refractivity (Wildman–Crippen MR) is 111 cm³/mol. The topological polar surface area (TPSA) is 105 Å². The minimum Gasteiger partial charge on any atom is -0.383 e. The Morgan fingerprint density at radius 2 is 1.93 bits per heavy atom. The van der Waals surface area contributed by atoms with E-state index in [2.05, 4.69) is 15.1 Å². The summed E-state index contributed by atoms with van der Waals surface area (Å²) in [6.07, 6.45) is 3.91. The van der Waals surface area contributed by atoms with Crippen molar-refractivity contribution < 1.29 is 4.79 Å². The van der Waals surface area contributed by atoms with Crippen LogP contribution in [-0.2, 0) is 0 Å². The second-order valence-electron chi connectivity index (χ2n) is 7.55. The Kier molecular flexibility index (Phi) is 3.23. The third kappa shape index (κ3) is 2.55. The molecule has 0 saturated heterocycles. The fourth-order valence-corrected chi connectivity index (χ4v) is 3.78. The molecule has 0 atom stereocenters. The molecular formula is C22H18N6O. The van der Waals surface area contributed by atoms with E-state index >= 15 is 0 Å². The van der Waals surface area contributed by atoms with Crippen molar-refractivity contribution in [1.82, 2.24) is 24.7 Å². The van der Waals surface area contributed by atoms with Gasteiger partial charge in [-0.3, -0.25) is 4.79 Å². The van der Waals surface area contributed by atoms with Gasteiger partial charge in [-0.25, -0.2) is 9.67 Å². The summed E-state index contributed by atoms with van der Waals surface area (Å²) in [5.74, 6) is 1.73. The molecule has 6 rings (SSSR count). The highest BCUT2D eigenvalue weighted by Gasteiger charge is 2.27. The molecule has 142 valence electrons. The summed E-state index contributed by atoms with van der Waals surface area (Å²) in [7, 11) is 0. The maximum atomic E-state index is 13.0.